The van der Waals surface area contributed by atoms with Gasteiger partial charge >= 0.3 is 0 Å². The summed E-state index contributed by atoms with van der Waals surface area (Å²) in [5, 5.41) is 0. The second-order valence-electron chi connectivity index (χ2n) is 6.51. The highest BCUT2D eigenvalue weighted by Gasteiger charge is 2.20. The molecule has 0 heterocycles. The average molecular weight is 218 g/mol. The van der Waals surface area contributed by atoms with E-state index in [9.17, 15) is 0 Å². The molecule has 0 fully saturated rings. The molecule has 0 aliphatic carbocycles. The van der Waals surface area contributed by atoms with Crippen LogP contribution in [-0.4, -0.2) is 0 Å². The molecule has 0 atom stereocenters. The summed E-state index contributed by atoms with van der Waals surface area (Å²) in [4.78, 5) is 0. The quantitative estimate of drug-likeness (QED) is 0.766. The van der Waals surface area contributed by atoms with Crippen molar-refractivity contribution < 1.29 is 0 Å². The molecule has 89 valence electrons. The second-order valence-corrected chi connectivity index (χ2v) is 6.51. The fraction of sp³-hybridized carbons (Fsp3) is 0.600. The lowest BCUT2D eigenvalue weighted by Gasteiger charge is -2.25. The zero-order valence-electron chi connectivity index (χ0n) is 11.4. The van der Waals surface area contributed by atoms with Gasteiger partial charge in [-0.15, -0.1) is 0 Å². The molecule has 1 aromatic rings. The molecule has 0 saturated heterocycles. The normalized spacial score (nSPS) is 12.9. The third kappa shape index (κ3) is 3.08. The van der Waals surface area contributed by atoms with Gasteiger partial charge in [0, 0.05) is 6.54 Å². The molecule has 1 radical (unpaired) electrons. The van der Waals surface area contributed by atoms with Crippen molar-refractivity contribution in [2.24, 2.45) is 5.73 Å². The lowest BCUT2D eigenvalue weighted by atomic mass is 9.79. The Labute approximate surface area is 100 Å². The van der Waals surface area contributed by atoms with E-state index in [4.69, 9.17) is 5.73 Å². The first kappa shape index (κ1) is 13.2. The van der Waals surface area contributed by atoms with Crippen molar-refractivity contribution >= 4 is 0 Å². The van der Waals surface area contributed by atoms with Crippen LogP contribution in [0.2, 0.25) is 0 Å². The molecule has 0 amide bonds. The van der Waals surface area contributed by atoms with Crippen molar-refractivity contribution in [1.82, 2.24) is 0 Å². The predicted octanol–water partition coefficient (Wildman–Crippen LogP) is 3.54. The number of nitrogens with two attached hydrogens (primary N) is 1. The molecule has 0 saturated carbocycles. The van der Waals surface area contributed by atoms with Crippen LogP contribution in [0.5, 0.6) is 0 Å². The van der Waals surface area contributed by atoms with Crippen LogP contribution in [0.25, 0.3) is 0 Å². The standard InChI is InChI=1S/C15H24N/c1-14(2,3)12-7-11(10-16)8-13(9-12)15(4,5)6/h7,9H,10,16H2,1-6H3. The van der Waals surface area contributed by atoms with E-state index in [1.165, 1.54) is 11.1 Å². The van der Waals surface area contributed by atoms with Crippen molar-refractivity contribution in [1.29, 1.82) is 0 Å². The first-order chi connectivity index (χ1) is 7.14. The highest BCUT2D eigenvalue weighted by Crippen LogP contribution is 2.29. The minimum atomic E-state index is 0.130. The summed E-state index contributed by atoms with van der Waals surface area (Å²) < 4.78 is 0. The van der Waals surface area contributed by atoms with Gasteiger partial charge in [-0.2, -0.15) is 0 Å². The largest absolute Gasteiger partial charge is 0.326 e. The Balaban J connectivity index is 3.33. The Morgan fingerprint density at radius 3 is 1.94 bits per heavy atom. The Morgan fingerprint density at radius 1 is 1.00 bits per heavy atom. The van der Waals surface area contributed by atoms with Crippen LogP contribution in [0, 0.1) is 6.07 Å². The molecule has 1 heteroatoms. The zero-order valence-corrected chi connectivity index (χ0v) is 11.4. The maximum Gasteiger partial charge on any atom is 0.0184 e. The summed E-state index contributed by atoms with van der Waals surface area (Å²) in [6, 6.07) is 7.86. The van der Waals surface area contributed by atoms with Crippen LogP contribution in [0.15, 0.2) is 12.1 Å². The number of rotatable bonds is 1. The van der Waals surface area contributed by atoms with E-state index in [1.54, 1.807) is 0 Å². The molecule has 1 rings (SSSR count). The predicted molar refractivity (Wildman–Crippen MR) is 70.6 cm³/mol. The summed E-state index contributed by atoms with van der Waals surface area (Å²) in [5.74, 6) is 0. The van der Waals surface area contributed by atoms with Crippen LogP contribution < -0.4 is 5.73 Å². The summed E-state index contributed by atoms with van der Waals surface area (Å²) in [7, 11) is 0. The van der Waals surface area contributed by atoms with Crippen LogP contribution in [0.4, 0.5) is 0 Å². The van der Waals surface area contributed by atoms with E-state index in [0.717, 1.165) is 5.56 Å². The van der Waals surface area contributed by atoms with Gasteiger partial charge in [-0.25, -0.2) is 0 Å². The summed E-state index contributed by atoms with van der Waals surface area (Å²) in [6.07, 6.45) is 0. The van der Waals surface area contributed by atoms with Gasteiger partial charge < -0.3 is 5.73 Å². The van der Waals surface area contributed by atoms with Gasteiger partial charge in [-0.3, -0.25) is 0 Å². The molecule has 1 nitrogen and oxygen atoms in total. The van der Waals surface area contributed by atoms with Crippen LogP contribution >= 0.6 is 0 Å². The van der Waals surface area contributed by atoms with E-state index in [2.05, 4.69) is 59.7 Å². The van der Waals surface area contributed by atoms with Crippen LogP contribution in [0.3, 0.4) is 0 Å². The minimum Gasteiger partial charge on any atom is -0.326 e. The van der Waals surface area contributed by atoms with Gasteiger partial charge in [0.05, 0.1) is 0 Å². The van der Waals surface area contributed by atoms with E-state index < -0.39 is 0 Å². The van der Waals surface area contributed by atoms with E-state index in [0.29, 0.717) is 6.54 Å². The molecule has 0 bridgehead atoms. The molecule has 1 aromatic carbocycles. The fourth-order valence-electron chi connectivity index (χ4n) is 1.58. The van der Waals surface area contributed by atoms with Crippen molar-refractivity contribution in [3.8, 4) is 0 Å². The van der Waals surface area contributed by atoms with Crippen molar-refractivity contribution in [2.75, 3.05) is 0 Å². The molecular formula is C15H24N. The van der Waals surface area contributed by atoms with E-state index in [1.807, 2.05) is 0 Å². The SMILES string of the molecule is CC(C)(C)c1[c]c(CN)cc(C(C)(C)C)c1. The number of hydrogen-bond acceptors (Lipinski definition) is 1. The van der Waals surface area contributed by atoms with E-state index in [-0.39, 0.29) is 10.8 Å². The molecule has 0 spiro atoms. The first-order valence-electron chi connectivity index (χ1n) is 5.92. The Morgan fingerprint density at radius 2 is 1.56 bits per heavy atom. The van der Waals surface area contributed by atoms with Crippen molar-refractivity contribution in [3.63, 3.8) is 0 Å². The number of benzene rings is 1. The molecule has 0 aliphatic heterocycles. The third-order valence-electron chi connectivity index (χ3n) is 2.82. The third-order valence-corrected chi connectivity index (χ3v) is 2.82. The molecule has 16 heavy (non-hydrogen) atoms. The first-order valence-corrected chi connectivity index (χ1v) is 5.92. The number of hydrogen-bond donors (Lipinski definition) is 1. The van der Waals surface area contributed by atoms with Crippen molar-refractivity contribution in [3.05, 3.63) is 34.9 Å². The van der Waals surface area contributed by atoms with Crippen LogP contribution in [-0.2, 0) is 17.4 Å². The maximum absolute atomic E-state index is 5.74. The van der Waals surface area contributed by atoms with Gasteiger partial charge in [-0.05, 0) is 33.6 Å². The second kappa shape index (κ2) is 4.21. The van der Waals surface area contributed by atoms with E-state index >= 15 is 0 Å². The molecule has 0 unspecified atom stereocenters. The van der Waals surface area contributed by atoms with Gasteiger partial charge in [0.15, 0.2) is 0 Å². The average Bonchev–Trinajstić information content (AvgIpc) is 2.14. The molecule has 0 aromatic heterocycles. The highest BCUT2D eigenvalue weighted by molar-refractivity contribution is 5.36. The van der Waals surface area contributed by atoms with Gasteiger partial charge in [-0.1, -0.05) is 53.7 Å². The summed E-state index contributed by atoms with van der Waals surface area (Å²) in [5.41, 5.74) is 9.74. The lowest BCUT2D eigenvalue weighted by Crippen LogP contribution is -2.17. The van der Waals surface area contributed by atoms with Crippen LogP contribution in [0.1, 0.15) is 58.2 Å². The topological polar surface area (TPSA) is 26.0 Å². The van der Waals surface area contributed by atoms with Gasteiger partial charge in [0.25, 0.3) is 0 Å². The monoisotopic (exact) mass is 218 g/mol. The highest BCUT2D eigenvalue weighted by atomic mass is 14.5. The smallest absolute Gasteiger partial charge is 0.0184 e. The Bertz CT molecular complexity index is 332. The fourth-order valence-corrected chi connectivity index (χ4v) is 1.58. The Hall–Kier alpha value is -0.820. The minimum absolute atomic E-state index is 0.130. The molecule has 0 aliphatic rings. The van der Waals surface area contributed by atoms with Gasteiger partial charge in [0.1, 0.15) is 0 Å². The molecular weight excluding hydrogens is 194 g/mol. The zero-order chi connectivity index (χ0) is 12.6. The lowest BCUT2D eigenvalue weighted by molar-refractivity contribution is 0.566. The Kier molecular flexibility index (Phi) is 3.49. The molecule has 2 N–H and O–H groups in total. The van der Waals surface area contributed by atoms with Gasteiger partial charge in [0.2, 0.25) is 0 Å². The summed E-state index contributed by atoms with van der Waals surface area (Å²) >= 11 is 0. The summed E-state index contributed by atoms with van der Waals surface area (Å²) in [6.45, 7) is 13.9. The maximum atomic E-state index is 5.74. The van der Waals surface area contributed by atoms with Crippen molar-refractivity contribution in [2.45, 2.75) is 58.9 Å².